The van der Waals surface area contributed by atoms with Gasteiger partial charge in [-0.1, -0.05) is 18.2 Å². The lowest BCUT2D eigenvalue weighted by atomic mass is 10.2. The van der Waals surface area contributed by atoms with Gasteiger partial charge in [-0.3, -0.25) is 4.79 Å². The Morgan fingerprint density at radius 3 is 2.73 bits per heavy atom. The molecule has 1 N–H and O–H groups in total. The SMILES string of the molecule is COC(=O)c1cccc(NC(=O)CN(C)c2ncnc3ccccc23)c1. The number of nitrogens with one attached hydrogen (secondary N) is 1. The summed E-state index contributed by atoms with van der Waals surface area (Å²) < 4.78 is 4.69. The summed E-state index contributed by atoms with van der Waals surface area (Å²) in [5.41, 5.74) is 1.72. The van der Waals surface area contributed by atoms with E-state index < -0.39 is 5.97 Å². The number of hydrogen-bond donors (Lipinski definition) is 1. The first-order chi connectivity index (χ1) is 12.6. The Balaban J connectivity index is 1.72. The van der Waals surface area contributed by atoms with Gasteiger partial charge in [-0.15, -0.1) is 0 Å². The Labute approximate surface area is 150 Å². The van der Waals surface area contributed by atoms with E-state index in [0.717, 1.165) is 10.9 Å². The number of aromatic nitrogens is 2. The summed E-state index contributed by atoms with van der Waals surface area (Å²) in [5, 5.41) is 3.65. The standard InChI is InChI=1S/C19H18N4O3/c1-23(18-15-8-3-4-9-16(15)20-12-21-18)11-17(24)22-14-7-5-6-13(10-14)19(25)26-2/h3-10,12H,11H2,1-2H3,(H,22,24). The molecule has 7 heteroatoms. The second-order valence-electron chi connectivity index (χ2n) is 5.69. The molecule has 132 valence electrons. The molecule has 0 aliphatic heterocycles. The predicted octanol–water partition coefficient (Wildman–Crippen LogP) is 2.49. The molecule has 0 aliphatic rings. The van der Waals surface area contributed by atoms with Gasteiger partial charge in [0.2, 0.25) is 5.91 Å². The summed E-state index contributed by atoms with van der Waals surface area (Å²) >= 11 is 0. The van der Waals surface area contributed by atoms with Gasteiger partial charge in [0.15, 0.2) is 0 Å². The number of anilines is 2. The lowest BCUT2D eigenvalue weighted by Gasteiger charge is -2.19. The van der Waals surface area contributed by atoms with E-state index in [0.29, 0.717) is 17.1 Å². The van der Waals surface area contributed by atoms with E-state index in [1.807, 2.05) is 24.3 Å². The van der Waals surface area contributed by atoms with Crippen LogP contribution in [0.25, 0.3) is 10.9 Å². The number of ether oxygens (including phenoxy) is 1. The number of benzene rings is 2. The van der Waals surface area contributed by atoms with E-state index in [-0.39, 0.29) is 12.5 Å². The quantitative estimate of drug-likeness (QED) is 0.712. The van der Waals surface area contributed by atoms with Crippen LogP contribution < -0.4 is 10.2 Å². The fraction of sp³-hybridized carbons (Fsp3) is 0.158. The molecule has 26 heavy (non-hydrogen) atoms. The summed E-state index contributed by atoms with van der Waals surface area (Å²) in [7, 11) is 3.10. The van der Waals surface area contributed by atoms with Crippen LogP contribution in [0.4, 0.5) is 11.5 Å². The van der Waals surface area contributed by atoms with E-state index >= 15 is 0 Å². The molecular formula is C19H18N4O3. The van der Waals surface area contributed by atoms with Gasteiger partial charge in [-0.25, -0.2) is 14.8 Å². The Morgan fingerprint density at radius 1 is 1.12 bits per heavy atom. The number of carbonyl (C=O) groups excluding carboxylic acids is 2. The molecule has 0 saturated carbocycles. The fourth-order valence-electron chi connectivity index (χ4n) is 2.63. The number of nitrogens with zero attached hydrogens (tertiary/aromatic N) is 3. The zero-order valence-electron chi connectivity index (χ0n) is 14.5. The minimum absolute atomic E-state index is 0.101. The molecule has 0 spiro atoms. The summed E-state index contributed by atoms with van der Waals surface area (Å²) in [4.78, 5) is 34.2. The van der Waals surface area contributed by atoms with E-state index in [4.69, 9.17) is 0 Å². The Hall–Kier alpha value is -3.48. The molecule has 3 aromatic rings. The number of esters is 1. The average molecular weight is 350 g/mol. The van der Waals surface area contributed by atoms with Crippen molar-refractivity contribution in [1.82, 2.24) is 9.97 Å². The number of likely N-dealkylation sites (N-methyl/N-ethyl adjacent to an activating group) is 1. The minimum Gasteiger partial charge on any atom is -0.465 e. The highest BCUT2D eigenvalue weighted by Gasteiger charge is 2.13. The predicted molar refractivity (Wildman–Crippen MR) is 99.2 cm³/mol. The van der Waals surface area contributed by atoms with Crippen molar-refractivity contribution < 1.29 is 14.3 Å². The van der Waals surface area contributed by atoms with Crippen LogP contribution in [0.15, 0.2) is 54.9 Å². The molecule has 1 aromatic heterocycles. The maximum atomic E-state index is 12.4. The largest absolute Gasteiger partial charge is 0.465 e. The fourth-order valence-corrected chi connectivity index (χ4v) is 2.63. The number of hydrogen-bond acceptors (Lipinski definition) is 6. The van der Waals surface area contributed by atoms with E-state index in [9.17, 15) is 9.59 Å². The van der Waals surface area contributed by atoms with E-state index in [2.05, 4.69) is 20.0 Å². The Kier molecular flexibility index (Phi) is 5.07. The second kappa shape index (κ2) is 7.60. The van der Waals surface area contributed by atoms with Crippen molar-refractivity contribution in [2.75, 3.05) is 30.9 Å². The van der Waals surface area contributed by atoms with Crippen LogP contribution in [0.3, 0.4) is 0 Å². The van der Waals surface area contributed by atoms with E-state index in [1.54, 1.807) is 36.2 Å². The lowest BCUT2D eigenvalue weighted by Crippen LogP contribution is -2.30. The van der Waals surface area contributed by atoms with Gasteiger partial charge < -0.3 is 15.0 Å². The Morgan fingerprint density at radius 2 is 1.92 bits per heavy atom. The minimum atomic E-state index is -0.453. The monoisotopic (exact) mass is 350 g/mol. The lowest BCUT2D eigenvalue weighted by molar-refractivity contribution is -0.114. The van der Waals surface area contributed by atoms with Crippen LogP contribution in [0, 0.1) is 0 Å². The first-order valence-electron chi connectivity index (χ1n) is 7.97. The first-order valence-corrected chi connectivity index (χ1v) is 7.97. The summed E-state index contributed by atoms with van der Waals surface area (Å²) in [6, 6.07) is 14.2. The number of fused-ring (bicyclic) bond motifs is 1. The van der Waals surface area contributed by atoms with Crippen LogP contribution >= 0.6 is 0 Å². The van der Waals surface area contributed by atoms with Gasteiger partial charge in [0.25, 0.3) is 0 Å². The third-order valence-electron chi connectivity index (χ3n) is 3.83. The molecular weight excluding hydrogens is 332 g/mol. The molecule has 3 rings (SSSR count). The van der Waals surface area contributed by atoms with Gasteiger partial charge in [-0.2, -0.15) is 0 Å². The highest BCUT2D eigenvalue weighted by atomic mass is 16.5. The van der Waals surface area contributed by atoms with Gasteiger partial charge in [0.05, 0.1) is 24.7 Å². The smallest absolute Gasteiger partial charge is 0.337 e. The van der Waals surface area contributed by atoms with Crippen LogP contribution in [0.5, 0.6) is 0 Å². The van der Waals surface area contributed by atoms with Crippen LogP contribution in [0.2, 0.25) is 0 Å². The van der Waals surface area contributed by atoms with Crippen LogP contribution in [-0.2, 0) is 9.53 Å². The molecule has 0 bridgehead atoms. The number of para-hydroxylation sites is 1. The summed E-state index contributed by atoms with van der Waals surface area (Å²) in [5.74, 6) is -0.00283. The maximum Gasteiger partial charge on any atom is 0.337 e. The number of methoxy groups -OCH3 is 1. The van der Waals surface area contributed by atoms with Gasteiger partial charge in [0, 0.05) is 18.1 Å². The molecule has 0 radical (unpaired) electrons. The highest BCUT2D eigenvalue weighted by molar-refractivity contribution is 5.97. The highest BCUT2D eigenvalue weighted by Crippen LogP contribution is 2.21. The molecule has 0 saturated heterocycles. The van der Waals surface area contributed by atoms with Crippen molar-refractivity contribution in [2.24, 2.45) is 0 Å². The van der Waals surface area contributed by atoms with Crippen molar-refractivity contribution >= 4 is 34.3 Å². The zero-order chi connectivity index (χ0) is 18.5. The third kappa shape index (κ3) is 3.77. The third-order valence-corrected chi connectivity index (χ3v) is 3.83. The first kappa shape index (κ1) is 17.3. The molecule has 2 aromatic carbocycles. The summed E-state index contributed by atoms with van der Waals surface area (Å²) in [6.07, 6.45) is 1.48. The molecule has 1 heterocycles. The van der Waals surface area contributed by atoms with Crippen molar-refractivity contribution in [2.45, 2.75) is 0 Å². The van der Waals surface area contributed by atoms with Gasteiger partial charge in [-0.05, 0) is 30.3 Å². The van der Waals surface area contributed by atoms with E-state index in [1.165, 1.54) is 13.4 Å². The second-order valence-corrected chi connectivity index (χ2v) is 5.69. The van der Waals surface area contributed by atoms with Crippen molar-refractivity contribution in [1.29, 1.82) is 0 Å². The average Bonchev–Trinajstić information content (AvgIpc) is 2.66. The molecule has 0 aliphatic carbocycles. The normalized spacial score (nSPS) is 10.4. The molecule has 0 fully saturated rings. The van der Waals surface area contributed by atoms with Crippen molar-refractivity contribution in [3.05, 3.63) is 60.4 Å². The number of amides is 1. The maximum absolute atomic E-state index is 12.4. The van der Waals surface area contributed by atoms with Crippen molar-refractivity contribution in [3.63, 3.8) is 0 Å². The van der Waals surface area contributed by atoms with Crippen molar-refractivity contribution in [3.8, 4) is 0 Å². The number of rotatable bonds is 5. The Bertz CT molecular complexity index is 953. The zero-order valence-corrected chi connectivity index (χ0v) is 14.5. The number of carbonyl (C=O) groups is 2. The molecule has 0 atom stereocenters. The van der Waals surface area contributed by atoms with Gasteiger partial charge in [0.1, 0.15) is 12.1 Å². The van der Waals surface area contributed by atoms with Crippen LogP contribution in [-0.4, -0.2) is 42.5 Å². The topological polar surface area (TPSA) is 84.4 Å². The summed E-state index contributed by atoms with van der Waals surface area (Å²) in [6.45, 7) is 0.101. The molecule has 1 amide bonds. The molecule has 7 nitrogen and oxygen atoms in total. The molecule has 0 unspecified atom stereocenters. The van der Waals surface area contributed by atoms with Crippen LogP contribution in [0.1, 0.15) is 10.4 Å². The van der Waals surface area contributed by atoms with Gasteiger partial charge >= 0.3 is 5.97 Å².